The third-order valence-electron chi connectivity index (χ3n) is 5.42. The first-order chi connectivity index (χ1) is 14.2. The first-order valence-corrected chi connectivity index (χ1v) is 9.15. The first kappa shape index (κ1) is 20.1. The number of urea groups is 1. The summed E-state index contributed by atoms with van der Waals surface area (Å²) in [6, 6.07) is 4.13. The minimum Gasteiger partial charge on any atom is -0.332 e. The van der Waals surface area contributed by atoms with Gasteiger partial charge in [0.05, 0.1) is 6.04 Å². The van der Waals surface area contributed by atoms with Crippen LogP contribution in [-0.2, 0) is 11.2 Å². The van der Waals surface area contributed by atoms with E-state index in [9.17, 15) is 31.5 Å². The van der Waals surface area contributed by atoms with E-state index in [-0.39, 0.29) is 19.0 Å². The molecule has 10 heteroatoms. The summed E-state index contributed by atoms with van der Waals surface area (Å²) in [6.45, 7) is 2.04. The summed E-state index contributed by atoms with van der Waals surface area (Å²) in [5.74, 6) is -11.3. The standard InChI is InChI=1S/C20H16F5N3O2/c1-9-2-3-11-10(6-9)4-5-28-12(11)7-27(8-13(28)29)20(30)26-19-17(24)15(22)14(21)16(23)18(19)25/h2-3,6,12H,4-5,7-8H2,1H3,(H,26,30)/t12-/m0/s1. The summed E-state index contributed by atoms with van der Waals surface area (Å²) in [6.07, 6.45) is 0.663. The Bertz CT molecular complexity index is 1050. The van der Waals surface area contributed by atoms with Crippen molar-refractivity contribution in [2.24, 2.45) is 0 Å². The lowest BCUT2D eigenvalue weighted by atomic mass is 9.89. The van der Waals surface area contributed by atoms with Crippen LogP contribution in [0.1, 0.15) is 22.7 Å². The van der Waals surface area contributed by atoms with Crippen molar-refractivity contribution < 1.29 is 31.5 Å². The van der Waals surface area contributed by atoms with Crippen molar-refractivity contribution in [1.82, 2.24) is 9.80 Å². The van der Waals surface area contributed by atoms with Crippen LogP contribution in [0, 0.1) is 36.0 Å². The molecule has 0 aromatic heterocycles. The number of piperazine rings is 1. The maximum absolute atomic E-state index is 13.9. The fraction of sp³-hybridized carbons (Fsp3) is 0.300. The Hall–Kier alpha value is -3.17. The third-order valence-corrected chi connectivity index (χ3v) is 5.42. The van der Waals surface area contributed by atoms with E-state index in [1.54, 1.807) is 10.2 Å². The molecule has 2 aromatic rings. The Morgan fingerprint density at radius 1 is 1.03 bits per heavy atom. The molecule has 0 bridgehead atoms. The lowest BCUT2D eigenvalue weighted by Crippen LogP contribution is -2.56. The minimum atomic E-state index is -2.32. The van der Waals surface area contributed by atoms with Crippen molar-refractivity contribution in [2.75, 3.05) is 25.0 Å². The van der Waals surface area contributed by atoms with Gasteiger partial charge in [-0.05, 0) is 24.5 Å². The monoisotopic (exact) mass is 425 g/mol. The molecule has 1 saturated heterocycles. The highest BCUT2D eigenvalue weighted by atomic mass is 19.2. The molecule has 1 N–H and O–H groups in total. The molecule has 5 nitrogen and oxygen atoms in total. The number of aryl methyl sites for hydroxylation is 1. The van der Waals surface area contributed by atoms with Crippen LogP contribution in [0.4, 0.5) is 32.4 Å². The SMILES string of the molecule is Cc1ccc2c(c1)CCN1C(=O)CN(C(=O)Nc3c(F)c(F)c(F)c(F)c3F)C[C@@H]21. The zero-order chi connectivity index (χ0) is 21.7. The number of amides is 3. The molecule has 158 valence electrons. The maximum atomic E-state index is 13.9. The number of rotatable bonds is 1. The first-order valence-electron chi connectivity index (χ1n) is 9.15. The molecule has 4 rings (SSSR count). The number of fused-ring (bicyclic) bond motifs is 3. The van der Waals surface area contributed by atoms with Crippen molar-refractivity contribution in [1.29, 1.82) is 0 Å². The average Bonchev–Trinajstić information content (AvgIpc) is 2.73. The second-order valence-corrected chi connectivity index (χ2v) is 7.31. The summed E-state index contributed by atoms with van der Waals surface area (Å²) < 4.78 is 67.7. The van der Waals surface area contributed by atoms with Crippen LogP contribution in [0.2, 0.25) is 0 Å². The van der Waals surface area contributed by atoms with Crippen LogP contribution < -0.4 is 5.32 Å². The normalized spacial score (nSPS) is 18.2. The molecule has 2 aliphatic heterocycles. The van der Waals surface area contributed by atoms with Gasteiger partial charge in [-0.1, -0.05) is 23.8 Å². The number of anilines is 1. The van der Waals surface area contributed by atoms with E-state index in [1.807, 2.05) is 25.1 Å². The van der Waals surface area contributed by atoms with Gasteiger partial charge in [-0.15, -0.1) is 0 Å². The fourth-order valence-corrected chi connectivity index (χ4v) is 3.92. The molecule has 0 aliphatic carbocycles. The van der Waals surface area contributed by atoms with Crippen molar-refractivity contribution in [3.05, 3.63) is 64.0 Å². The summed E-state index contributed by atoms with van der Waals surface area (Å²) in [7, 11) is 0. The van der Waals surface area contributed by atoms with Crippen molar-refractivity contribution in [3.63, 3.8) is 0 Å². The Balaban J connectivity index is 1.61. The minimum absolute atomic E-state index is 0.0169. The van der Waals surface area contributed by atoms with Gasteiger partial charge in [0.2, 0.25) is 11.7 Å². The number of hydrogen-bond acceptors (Lipinski definition) is 2. The van der Waals surface area contributed by atoms with Crippen LogP contribution in [0.5, 0.6) is 0 Å². The quantitative estimate of drug-likeness (QED) is 0.431. The van der Waals surface area contributed by atoms with E-state index in [0.29, 0.717) is 13.0 Å². The van der Waals surface area contributed by atoms with Crippen LogP contribution in [0.25, 0.3) is 0 Å². The highest BCUT2D eigenvalue weighted by Crippen LogP contribution is 2.34. The van der Waals surface area contributed by atoms with E-state index >= 15 is 0 Å². The molecular weight excluding hydrogens is 409 g/mol. The van der Waals surface area contributed by atoms with E-state index < -0.39 is 46.8 Å². The van der Waals surface area contributed by atoms with Gasteiger partial charge < -0.3 is 15.1 Å². The topological polar surface area (TPSA) is 52.7 Å². The summed E-state index contributed by atoms with van der Waals surface area (Å²) in [5, 5.41) is 1.73. The molecule has 0 saturated carbocycles. The summed E-state index contributed by atoms with van der Waals surface area (Å²) in [4.78, 5) is 27.7. The summed E-state index contributed by atoms with van der Waals surface area (Å²) in [5.41, 5.74) is 1.48. The fourth-order valence-electron chi connectivity index (χ4n) is 3.92. The van der Waals surface area contributed by atoms with Crippen LogP contribution >= 0.6 is 0 Å². The largest absolute Gasteiger partial charge is 0.332 e. The lowest BCUT2D eigenvalue weighted by Gasteiger charge is -2.44. The van der Waals surface area contributed by atoms with E-state index in [4.69, 9.17) is 0 Å². The van der Waals surface area contributed by atoms with Gasteiger partial charge in [0.1, 0.15) is 12.2 Å². The molecule has 0 radical (unpaired) electrons. The molecule has 30 heavy (non-hydrogen) atoms. The smallest absolute Gasteiger partial charge is 0.322 e. The molecule has 2 aliphatic rings. The number of benzene rings is 2. The second kappa shape index (κ2) is 7.26. The number of nitrogens with zero attached hydrogens (tertiary/aromatic N) is 2. The highest BCUT2D eigenvalue weighted by Gasteiger charge is 2.39. The van der Waals surface area contributed by atoms with Gasteiger partial charge in [-0.2, -0.15) is 0 Å². The number of nitrogens with one attached hydrogen (secondary N) is 1. The third kappa shape index (κ3) is 3.16. The Morgan fingerprint density at radius 2 is 1.67 bits per heavy atom. The number of halogens is 5. The van der Waals surface area contributed by atoms with Crippen molar-refractivity contribution in [2.45, 2.75) is 19.4 Å². The molecular formula is C20H16F5N3O2. The predicted molar refractivity (Wildman–Crippen MR) is 96.2 cm³/mol. The van der Waals surface area contributed by atoms with Gasteiger partial charge >= 0.3 is 6.03 Å². The maximum Gasteiger partial charge on any atom is 0.322 e. The molecule has 3 amide bonds. The van der Waals surface area contributed by atoms with Gasteiger partial charge in [0.15, 0.2) is 23.3 Å². The van der Waals surface area contributed by atoms with Gasteiger partial charge in [0.25, 0.3) is 0 Å². The van der Waals surface area contributed by atoms with E-state index in [0.717, 1.165) is 21.6 Å². The molecule has 2 heterocycles. The number of carbonyl (C=O) groups excluding carboxylic acids is 2. The van der Waals surface area contributed by atoms with Gasteiger partial charge in [0, 0.05) is 13.1 Å². The van der Waals surface area contributed by atoms with Crippen LogP contribution in [-0.4, -0.2) is 41.4 Å². The summed E-state index contributed by atoms with van der Waals surface area (Å²) >= 11 is 0. The Labute approximate surface area is 168 Å². The average molecular weight is 425 g/mol. The molecule has 0 unspecified atom stereocenters. The molecule has 1 fully saturated rings. The molecule has 0 spiro atoms. The van der Waals surface area contributed by atoms with E-state index in [1.165, 1.54) is 0 Å². The highest BCUT2D eigenvalue weighted by molar-refractivity contribution is 5.93. The van der Waals surface area contributed by atoms with Gasteiger partial charge in [-0.25, -0.2) is 26.7 Å². The Morgan fingerprint density at radius 3 is 2.33 bits per heavy atom. The second-order valence-electron chi connectivity index (χ2n) is 7.31. The number of hydrogen-bond donors (Lipinski definition) is 1. The lowest BCUT2D eigenvalue weighted by molar-refractivity contribution is -0.139. The molecule has 2 aromatic carbocycles. The van der Waals surface area contributed by atoms with Crippen molar-refractivity contribution >= 4 is 17.6 Å². The molecule has 1 atom stereocenters. The predicted octanol–water partition coefficient (Wildman–Crippen LogP) is 3.66. The number of carbonyl (C=O) groups is 2. The zero-order valence-electron chi connectivity index (χ0n) is 15.7. The van der Waals surface area contributed by atoms with Gasteiger partial charge in [-0.3, -0.25) is 4.79 Å². The van der Waals surface area contributed by atoms with E-state index in [2.05, 4.69) is 0 Å². The Kier molecular flexibility index (Phi) is 4.87. The van der Waals surface area contributed by atoms with Crippen LogP contribution in [0.15, 0.2) is 18.2 Å². The zero-order valence-corrected chi connectivity index (χ0v) is 15.7. The van der Waals surface area contributed by atoms with Crippen LogP contribution in [0.3, 0.4) is 0 Å². The van der Waals surface area contributed by atoms with Crippen molar-refractivity contribution in [3.8, 4) is 0 Å².